The Morgan fingerprint density at radius 1 is 0.307 bits per heavy atom. The van der Waals surface area contributed by atoms with Crippen LogP contribution in [0.15, 0.2) is 170 Å². The Balaban J connectivity index is 0.000000184. The van der Waals surface area contributed by atoms with Crippen LogP contribution in [0, 0.1) is 20.8 Å². The minimum Gasteiger partial charge on any atom is -0.504 e. The van der Waals surface area contributed by atoms with Gasteiger partial charge in [-0.25, -0.2) is 0 Å². The predicted octanol–water partition coefficient (Wildman–Crippen LogP) is 13.5. The van der Waals surface area contributed by atoms with Crippen LogP contribution in [0.3, 0.4) is 0 Å². The average molecular weight is 997 g/mol. The monoisotopic (exact) mass is 996 g/mol. The number of methoxy groups -OCH3 is 3. The van der Waals surface area contributed by atoms with Crippen molar-refractivity contribution in [1.29, 1.82) is 0 Å². The molecule has 0 amide bonds. The number of nitrogens with zero attached hydrogens (tertiary/aromatic N) is 4. The normalized spacial score (nSPS) is 10.9. The molecular weight excluding hydrogens is 945 g/mol. The Kier molecular flexibility index (Phi) is 14.3. The first-order valence-electron chi connectivity index (χ1n) is 23.7. The Hall–Kier alpha value is -9.88. The third-order valence-corrected chi connectivity index (χ3v) is 13.0. The van der Waals surface area contributed by atoms with Crippen LogP contribution in [-0.4, -0.2) is 71.9 Å². The topological polar surface area (TPSA) is 201 Å². The fourth-order valence-electron chi connectivity index (χ4n) is 8.61. The van der Waals surface area contributed by atoms with Crippen molar-refractivity contribution in [3.63, 3.8) is 0 Å². The van der Waals surface area contributed by atoms with Crippen molar-refractivity contribution >= 4 is 0 Å². The van der Waals surface area contributed by atoms with Crippen LogP contribution in [0.5, 0.6) is 51.7 Å². The zero-order valence-electron chi connectivity index (χ0n) is 41.9. The van der Waals surface area contributed by atoms with Crippen molar-refractivity contribution in [2.24, 2.45) is 0 Å². The maximum atomic E-state index is 9.76. The summed E-state index contributed by atoms with van der Waals surface area (Å²) in [5.74, 6) is -1.03. The maximum Gasteiger partial charge on any atom is 0.203 e. The summed E-state index contributed by atoms with van der Waals surface area (Å²) in [6, 6.07) is 45.2. The molecule has 0 aliphatic heterocycles. The molecule has 0 radical (unpaired) electrons. The summed E-state index contributed by atoms with van der Waals surface area (Å²) in [5, 5.41) is 58.1. The van der Waals surface area contributed by atoms with E-state index in [4.69, 9.17) is 24.2 Å². The summed E-state index contributed by atoms with van der Waals surface area (Å²) in [6.07, 6.45) is 7.04. The van der Waals surface area contributed by atoms with Crippen LogP contribution in [-0.2, 0) is 0 Å². The Morgan fingerprint density at radius 3 is 0.867 bits per heavy atom. The molecule has 13 heteroatoms. The van der Waals surface area contributed by atoms with Crippen molar-refractivity contribution in [2.45, 2.75) is 20.8 Å². The van der Waals surface area contributed by atoms with E-state index >= 15 is 0 Å². The van der Waals surface area contributed by atoms with Crippen molar-refractivity contribution in [1.82, 2.24) is 19.9 Å². The summed E-state index contributed by atoms with van der Waals surface area (Å²) in [7, 11) is 4.82. The first-order chi connectivity index (χ1) is 36.2. The molecule has 4 aromatic heterocycles. The molecule has 6 N–H and O–H groups in total. The molecule has 0 fully saturated rings. The second-order valence-corrected chi connectivity index (χ2v) is 17.8. The van der Waals surface area contributed by atoms with Gasteiger partial charge in [0.2, 0.25) is 5.75 Å². The third-order valence-electron chi connectivity index (χ3n) is 13.0. The van der Waals surface area contributed by atoms with Gasteiger partial charge in [-0.05, 0) is 133 Å². The molecule has 6 aromatic carbocycles. The first-order valence-corrected chi connectivity index (χ1v) is 23.7. The number of phenols is 6. The molecule has 13 nitrogen and oxygen atoms in total. The molecular formula is C62H52N4O9. The van der Waals surface area contributed by atoms with Gasteiger partial charge in [0.25, 0.3) is 0 Å². The lowest BCUT2D eigenvalue weighted by Gasteiger charge is -2.14. The lowest BCUT2D eigenvalue weighted by atomic mass is 9.97. The zero-order chi connectivity index (χ0) is 52.9. The van der Waals surface area contributed by atoms with E-state index in [1.807, 2.05) is 79.1 Å². The smallest absolute Gasteiger partial charge is 0.203 e. The highest BCUT2D eigenvalue weighted by Gasteiger charge is 2.16. The molecule has 0 unspecified atom stereocenters. The fraction of sp³-hybridized carbons (Fsp3) is 0.0968. The van der Waals surface area contributed by atoms with Gasteiger partial charge in [0.05, 0.1) is 44.1 Å². The average Bonchev–Trinajstić information content (AvgIpc) is 3.44. The summed E-state index contributed by atoms with van der Waals surface area (Å²) < 4.78 is 16.5. The van der Waals surface area contributed by atoms with Gasteiger partial charge < -0.3 is 44.8 Å². The maximum absolute atomic E-state index is 9.76. The summed E-state index contributed by atoms with van der Waals surface area (Å²) in [6.45, 7) is 6.48. The second-order valence-electron chi connectivity index (χ2n) is 17.8. The van der Waals surface area contributed by atoms with Crippen LogP contribution in [0.25, 0.3) is 89.5 Å². The SMILES string of the molecule is COc1cc(-c2ccc(-c3cccc(-c4ccc(-c5cc(C)c(C)c(C)c5)cn4)c3)nc2)cc(OC)c1OC.Oc1cc(-c2ccc(-c3cccc(-c4ccc(-c5cc(O)c(O)c(O)c5)cn4)c3)nc2)cc(O)c1O. The minimum atomic E-state index is -0.568. The van der Waals surface area contributed by atoms with Gasteiger partial charge in [-0.3, -0.25) is 19.9 Å². The number of rotatable bonds is 11. The lowest BCUT2D eigenvalue weighted by molar-refractivity contribution is 0.324. The highest BCUT2D eigenvalue weighted by atomic mass is 16.5. The third kappa shape index (κ3) is 10.7. The number of hydrogen-bond donors (Lipinski definition) is 6. The quantitative estimate of drug-likeness (QED) is 0.0669. The number of benzene rings is 6. The Bertz CT molecular complexity index is 3490. The molecule has 374 valence electrons. The number of pyridine rings is 4. The predicted molar refractivity (Wildman–Crippen MR) is 291 cm³/mol. The van der Waals surface area contributed by atoms with Gasteiger partial charge >= 0.3 is 0 Å². The molecule has 0 saturated carbocycles. The van der Waals surface area contributed by atoms with Crippen molar-refractivity contribution < 1.29 is 44.8 Å². The van der Waals surface area contributed by atoms with Gasteiger partial charge in [-0.2, -0.15) is 0 Å². The van der Waals surface area contributed by atoms with Gasteiger partial charge in [-0.15, -0.1) is 0 Å². The van der Waals surface area contributed by atoms with E-state index in [1.165, 1.54) is 46.5 Å². The van der Waals surface area contributed by atoms with Gasteiger partial charge in [0.15, 0.2) is 46.0 Å². The molecule has 0 aliphatic carbocycles. The van der Waals surface area contributed by atoms with Crippen LogP contribution >= 0.6 is 0 Å². The molecule has 75 heavy (non-hydrogen) atoms. The van der Waals surface area contributed by atoms with Crippen LogP contribution in [0.4, 0.5) is 0 Å². The Morgan fingerprint density at radius 2 is 0.600 bits per heavy atom. The highest BCUT2D eigenvalue weighted by molar-refractivity contribution is 5.77. The summed E-state index contributed by atoms with van der Waals surface area (Å²) >= 11 is 0. The lowest BCUT2D eigenvalue weighted by Crippen LogP contribution is -1.96. The number of phenolic OH excluding ortho intramolecular Hbond substituents is 6. The van der Waals surface area contributed by atoms with E-state index in [-0.39, 0.29) is 0 Å². The van der Waals surface area contributed by atoms with E-state index < -0.39 is 34.5 Å². The molecule has 10 aromatic rings. The van der Waals surface area contributed by atoms with E-state index in [0.717, 1.165) is 50.3 Å². The summed E-state index contributed by atoms with van der Waals surface area (Å²) in [5.41, 5.74) is 17.5. The van der Waals surface area contributed by atoms with E-state index in [0.29, 0.717) is 50.9 Å². The molecule has 4 heterocycles. The second kappa shape index (κ2) is 21.5. The number of hydrogen-bond acceptors (Lipinski definition) is 13. The van der Waals surface area contributed by atoms with Crippen molar-refractivity contribution in [3.05, 3.63) is 187 Å². The minimum absolute atomic E-state index is 0.417. The molecule has 10 rings (SSSR count). The fourth-order valence-corrected chi connectivity index (χ4v) is 8.61. The van der Waals surface area contributed by atoms with E-state index in [9.17, 15) is 30.6 Å². The first kappa shape index (κ1) is 50.1. The molecule has 0 aliphatic rings. The summed E-state index contributed by atoms with van der Waals surface area (Å²) in [4.78, 5) is 18.6. The number of ether oxygens (including phenoxy) is 3. The molecule has 0 saturated heterocycles. The largest absolute Gasteiger partial charge is 0.504 e. The number of aromatic hydroxyl groups is 6. The van der Waals surface area contributed by atoms with Gasteiger partial charge in [0, 0.05) is 69.3 Å². The molecule has 0 spiro atoms. The standard InChI is InChI=1S/C34H32N2O3.C28H20N2O6/c1-21-14-28(15-22(2)23(21)3)26-10-12-30(35-19-26)24-8-7-9-25(16-24)31-13-11-27(20-36-31)29-17-32(37-4)34(39-6)33(18-29)38-5;31-23-9-19(10-24(32)27(23)35)17-4-6-21(29-13-17)15-2-1-3-16(8-15)22-7-5-18(14-30-22)20-11-25(33)28(36)26(34)12-20/h7-20H,1-6H3;1-14,31-36H. The van der Waals surface area contributed by atoms with E-state index in [2.05, 4.69) is 73.2 Å². The molecule has 0 atom stereocenters. The Labute approximate surface area is 433 Å². The highest BCUT2D eigenvalue weighted by Crippen LogP contribution is 2.43. The molecule has 0 bridgehead atoms. The number of aromatic nitrogens is 4. The van der Waals surface area contributed by atoms with E-state index in [1.54, 1.807) is 45.9 Å². The number of aryl methyl sites for hydroxylation is 2. The van der Waals surface area contributed by atoms with Crippen LogP contribution in [0.1, 0.15) is 16.7 Å². The van der Waals surface area contributed by atoms with Crippen LogP contribution in [0.2, 0.25) is 0 Å². The van der Waals surface area contributed by atoms with Crippen molar-refractivity contribution in [2.75, 3.05) is 21.3 Å². The van der Waals surface area contributed by atoms with Gasteiger partial charge in [0.1, 0.15) is 0 Å². The van der Waals surface area contributed by atoms with Crippen LogP contribution < -0.4 is 14.2 Å². The van der Waals surface area contributed by atoms with Crippen molar-refractivity contribution in [3.8, 4) is 141 Å². The zero-order valence-corrected chi connectivity index (χ0v) is 41.9. The van der Waals surface area contributed by atoms with Gasteiger partial charge in [-0.1, -0.05) is 72.8 Å².